The van der Waals surface area contributed by atoms with Gasteiger partial charge in [0.25, 0.3) is 15.5 Å². The van der Waals surface area contributed by atoms with Gasteiger partial charge in [0, 0.05) is 0 Å². The summed E-state index contributed by atoms with van der Waals surface area (Å²) in [6.45, 7) is 0. The molecule has 0 aromatic rings. The number of rotatable bonds is 2. The van der Waals surface area contributed by atoms with Crippen molar-refractivity contribution in [2.24, 2.45) is 0 Å². The minimum absolute atomic E-state index is 0.255. The average Bonchev–Trinajstić information content (AvgIpc) is 2.25. The fourth-order valence-corrected chi connectivity index (χ4v) is 1.80. The largest absolute Gasteiger partial charge is 0.370 e. The van der Waals surface area contributed by atoms with E-state index in [1.165, 1.54) is 0 Å². The van der Waals surface area contributed by atoms with Gasteiger partial charge in [-0.3, -0.25) is 20.2 Å². The molecule has 1 heterocycles. The molecular weight excluding hydrogens is 204 g/mol. The van der Waals surface area contributed by atoms with E-state index in [2.05, 4.69) is 0 Å². The zero-order valence-electron chi connectivity index (χ0n) is 5.91. The Morgan fingerprint density at radius 3 is 1.92 bits per heavy atom. The van der Waals surface area contributed by atoms with Gasteiger partial charge in [-0.15, -0.1) is 0 Å². The molecule has 0 saturated carbocycles. The Hall–Kier alpha value is -1.77. The highest BCUT2D eigenvalue weighted by Crippen LogP contribution is 2.22. The normalized spacial score (nSPS) is 19.1. The van der Waals surface area contributed by atoms with E-state index in [9.17, 15) is 28.6 Å². The maximum Gasteiger partial charge on any atom is 0.370 e. The van der Waals surface area contributed by atoms with Gasteiger partial charge in [0.1, 0.15) is 11.5 Å². The molecule has 70 valence electrons. The van der Waals surface area contributed by atoms with Crippen LogP contribution < -0.4 is 0 Å². The van der Waals surface area contributed by atoms with Crippen LogP contribution in [0.4, 0.5) is 0 Å². The fourth-order valence-electron chi connectivity index (χ4n) is 0.714. The molecule has 0 aromatic heterocycles. The van der Waals surface area contributed by atoms with E-state index >= 15 is 0 Å². The van der Waals surface area contributed by atoms with Crippen LogP contribution >= 0.6 is 0 Å². The molecule has 0 atom stereocenters. The molecule has 1 aliphatic heterocycles. The minimum Gasteiger partial charge on any atom is -0.258 e. The Bertz CT molecular complexity index is 443. The van der Waals surface area contributed by atoms with Crippen LogP contribution in [-0.4, -0.2) is 18.3 Å². The van der Waals surface area contributed by atoms with Crippen LogP contribution in [0, 0.1) is 20.2 Å². The van der Waals surface area contributed by atoms with Gasteiger partial charge in [-0.05, 0) is 0 Å². The van der Waals surface area contributed by atoms with Crippen LogP contribution in [0.2, 0.25) is 0 Å². The van der Waals surface area contributed by atoms with Crippen molar-refractivity contribution in [3.05, 3.63) is 42.4 Å². The van der Waals surface area contributed by atoms with Gasteiger partial charge in [0.2, 0.25) is 0 Å². The lowest BCUT2D eigenvalue weighted by Gasteiger charge is -1.86. The quantitative estimate of drug-likeness (QED) is 0.449. The van der Waals surface area contributed by atoms with Crippen molar-refractivity contribution in [2.75, 3.05) is 0 Å². The van der Waals surface area contributed by atoms with E-state index in [4.69, 9.17) is 0 Å². The van der Waals surface area contributed by atoms with Crippen molar-refractivity contribution in [2.45, 2.75) is 0 Å². The molecular formula is C4H2N2O6S. The highest BCUT2D eigenvalue weighted by molar-refractivity contribution is 7.98. The molecule has 0 fully saturated rings. The lowest BCUT2D eigenvalue weighted by atomic mass is 10.5. The molecule has 1 rings (SSSR count). The molecule has 9 heteroatoms. The Kier molecular flexibility index (Phi) is 1.88. The second-order valence-corrected chi connectivity index (χ2v) is 3.83. The third-order valence-electron chi connectivity index (χ3n) is 1.23. The van der Waals surface area contributed by atoms with Crippen LogP contribution in [0.15, 0.2) is 22.2 Å². The van der Waals surface area contributed by atoms with Gasteiger partial charge < -0.3 is 0 Å². The second kappa shape index (κ2) is 2.62. The number of hydrogen-bond donors (Lipinski definition) is 0. The number of nitrogens with zero attached hydrogens (tertiary/aromatic N) is 2. The van der Waals surface area contributed by atoms with Crippen molar-refractivity contribution in [1.82, 2.24) is 0 Å². The second-order valence-electron chi connectivity index (χ2n) is 2.08. The van der Waals surface area contributed by atoms with E-state index in [-0.39, 0.29) is 5.41 Å². The van der Waals surface area contributed by atoms with E-state index in [1.807, 2.05) is 0 Å². The van der Waals surface area contributed by atoms with Gasteiger partial charge in [0.05, 0.1) is 9.85 Å². The van der Waals surface area contributed by atoms with Crippen molar-refractivity contribution in [1.29, 1.82) is 0 Å². The van der Waals surface area contributed by atoms with Gasteiger partial charge in [-0.25, -0.2) is 8.42 Å². The van der Waals surface area contributed by atoms with Crippen LogP contribution in [0.3, 0.4) is 0 Å². The number of nitro groups is 2. The average molecular weight is 206 g/mol. The van der Waals surface area contributed by atoms with E-state index in [1.54, 1.807) is 0 Å². The Balaban J connectivity index is 3.28. The summed E-state index contributed by atoms with van der Waals surface area (Å²) in [4.78, 5) is 18.0. The van der Waals surface area contributed by atoms with Gasteiger partial charge in [-0.2, -0.15) is 0 Å². The molecule has 1 aliphatic rings. The standard InChI is InChI=1S/C4H2N2O6S/c7-5(8)3-1-4(6(9)10)13(11,12)2-3/h1-2H. The maximum atomic E-state index is 10.8. The van der Waals surface area contributed by atoms with Crippen molar-refractivity contribution < 1.29 is 18.3 Å². The topological polar surface area (TPSA) is 120 Å². The fraction of sp³-hybridized carbons (Fsp3) is 0. The van der Waals surface area contributed by atoms with Crippen LogP contribution in [-0.2, 0) is 9.84 Å². The summed E-state index contributed by atoms with van der Waals surface area (Å²) in [7, 11) is -4.22. The van der Waals surface area contributed by atoms with E-state index < -0.39 is 30.4 Å². The lowest BCUT2D eigenvalue weighted by Crippen LogP contribution is -2.05. The first-order valence-electron chi connectivity index (χ1n) is 2.82. The zero-order chi connectivity index (χ0) is 10.2. The molecule has 0 bridgehead atoms. The maximum absolute atomic E-state index is 10.8. The smallest absolute Gasteiger partial charge is 0.258 e. The third-order valence-corrected chi connectivity index (χ3v) is 2.63. The molecule has 0 unspecified atom stereocenters. The SMILES string of the molecule is O=[N+]([O-])C1=CS(=O)(=O)C([N+](=O)[O-])=C1. The highest BCUT2D eigenvalue weighted by Gasteiger charge is 2.38. The van der Waals surface area contributed by atoms with Crippen LogP contribution in [0.1, 0.15) is 0 Å². The Morgan fingerprint density at radius 1 is 1.15 bits per heavy atom. The Labute approximate surface area is 71.4 Å². The molecule has 0 aromatic carbocycles. The summed E-state index contributed by atoms with van der Waals surface area (Å²) in [6.07, 6.45) is 0.412. The molecule has 13 heavy (non-hydrogen) atoms. The summed E-state index contributed by atoms with van der Waals surface area (Å²) in [5.74, 6) is 0. The summed E-state index contributed by atoms with van der Waals surface area (Å²) < 4.78 is 21.7. The monoisotopic (exact) mass is 206 g/mol. The van der Waals surface area contributed by atoms with Crippen molar-refractivity contribution >= 4 is 9.84 Å². The van der Waals surface area contributed by atoms with Crippen molar-refractivity contribution in [3.63, 3.8) is 0 Å². The predicted octanol–water partition coefficient (Wildman–Crippen LogP) is -0.349. The molecule has 0 aliphatic carbocycles. The highest BCUT2D eigenvalue weighted by atomic mass is 32.2. The summed E-state index contributed by atoms with van der Waals surface area (Å²) >= 11 is 0. The number of allylic oxidation sites excluding steroid dienone is 1. The number of hydrogen-bond acceptors (Lipinski definition) is 6. The molecule has 0 amide bonds. The summed E-state index contributed by atoms with van der Waals surface area (Å²) in [5, 5.41) is 19.2. The number of sulfone groups is 1. The molecule has 0 N–H and O–H groups in total. The summed E-state index contributed by atoms with van der Waals surface area (Å²) in [5.41, 5.74) is -0.799. The molecule has 8 nitrogen and oxygen atoms in total. The first kappa shape index (κ1) is 9.32. The molecule has 0 radical (unpaired) electrons. The third kappa shape index (κ3) is 1.54. The predicted molar refractivity (Wildman–Crippen MR) is 39.1 cm³/mol. The van der Waals surface area contributed by atoms with Gasteiger partial charge in [0.15, 0.2) is 0 Å². The lowest BCUT2D eigenvalue weighted by molar-refractivity contribution is -0.425. The van der Waals surface area contributed by atoms with Crippen LogP contribution in [0.25, 0.3) is 0 Å². The van der Waals surface area contributed by atoms with Crippen LogP contribution in [0.5, 0.6) is 0 Å². The molecule has 0 spiro atoms. The first-order valence-corrected chi connectivity index (χ1v) is 4.36. The van der Waals surface area contributed by atoms with E-state index in [0.29, 0.717) is 6.08 Å². The molecule has 0 saturated heterocycles. The minimum atomic E-state index is -4.22. The van der Waals surface area contributed by atoms with Gasteiger partial charge >= 0.3 is 5.03 Å². The first-order chi connectivity index (χ1) is 5.84. The summed E-state index contributed by atoms with van der Waals surface area (Å²) in [6, 6.07) is 0. The Morgan fingerprint density at radius 2 is 1.69 bits per heavy atom. The van der Waals surface area contributed by atoms with Gasteiger partial charge in [-0.1, -0.05) is 0 Å². The van der Waals surface area contributed by atoms with E-state index in [0.717, 1.165) is 0 Å². The zero-order valence-corrected chi connectivity index (χ0v) is 6.72. The van der Waals surface area contributed by atoms with Crippen molar-refractivity contribution in [3.8, 4) is 0 Å².